The fraction of sp³-hybridized carbons (Fsp3) is 0.424. The third-order valence-corrected chi connectivity index (χ3v) is 8.51. The van der Waals surface area contributed by atoms with Crippen molar-refractivity contribution in [1.29, 1.82) is 0 Å². The molecule has 2 aromatic carbocycles. The van der Waals surface area contributed by atoms with Crippen LogP contribution in [0.15, 0.2) is 69.0 Å². The van der Waals surface area contributed by atoms with Gasteiger partial charge in [0.25, 0.3) is 5.56 Å². The summed E-state index contributed by atoms with van der Waals surface area (Å²) in [5.41, 5.74) is 3.54. The molecule has 2 N–H and O–H groups in total. The summed E-state index contributed by atoms with van der Waals surface area (Å²) in [7, 11) is 0. The predicted molar refractivity (Wildman–Crippen MR) is 167 cm³/mol. The third-order valence-electron chi connectivity index (χ3n) is 8.51. The maximum absolute atomic E-state index is 14.3. The third kappa shape index (κ3) is 7.35. The Morgan fingerprint density at radius 3 is 2.48 bits per heavy atom. The van der Waals surface area contributed by atoms with Crippen LogP contribution in [0, 0.1) is 0 Å². The Kier molecular flexibility index (Phi) is 11.2. The van der Waals surface area contributed by atoms with Gasteiger partial charge in [0.2, 0.25) is 5.78 Å². The molecule has 1 atom stereocenters. The van der Waals surface area contributed by atoms with Gasteiger partial charge < -0.3 is 11.3 Å². The maximum Gasteiger partial charge on any atom is 1.00 e. The van der Waals surface area contributed by atoms with Crippen molar-refractivity contribution in [1.82, 2.24) is 29.3 Å². The number of fused-ring (bicyclic) bond motifs is 1. The van der Waals surface area contributed by atoms with Crippen molar-refractivity contribution in [2.45, 2.75) is 76.5 Å². The zero-order valence-electron chi connectivity index (χ0n) is 27.4. The second-order valence-electron chi connectivity index (χ2n) is 12.1. The van der Waals surface area contributed by atoms with Crippen molar-refractivity contribution < 1.29 is 71.6 Å². The van der Waals surface area contributed by atoms with E-state index in [0.717, 1.165) is 34.4 Å². The molecule has 0 bridgehead atoms. The summed E-state index contributed by atoms with van der Waals surface area (Å²) in [5, 5.41) is 18.4. The van der Waals surface area contributed by atoms with Crippen molar-refractivity contribution in [2.24, 2.45) is 0 Å². The Hall–Kier alpha value is -2.78. The van der Waals surface area contributed by atoms with Crippen LogP contribution in [0.3, 0.4) is 0 Å². The van der Waals surface area contributed by atoms with E-state index in [1.807, 2.05) is 53.0 Å². The molecule has 0 aliphatic heterocycles. The van der Waals surface area contributed by atoms with Crippen LogP contribution in [0.2, 0.25) is 0 Å². The smallest absolute Gasteiger partial charge is 1.00 e. The molecular weight excluding hydrogens is 618 g/mol. The Morgan fingerprint density at radius 1 is 1.11 bits per heavy atom. The number of aliphatic hydroxyl groups is 1. The standard InChI is InChI=1S/C33H37FN6O5.K.H/c1-3-6-28-27(17-21-9-11-22(12-10-21)25-7-4-5-8-26(25)29-37-32(42)45-38-29)30(41)39(31-35-20-36-40(28)31)23-13-15-24(16-14-23)44-19-33(2,43)18-34;;/h4-5,7-12,20,23-24,43H,3,6,13-19H2,1-2H3,(H,37,38,42);;/q;+1;-1. The Morgan fingerprint density at radius 2 is 1.83 bits per heavy atom. The zero-order valence-corrected chi connectivity index (χ0v) is 29.5. The number of hydrogen-bond acceptors (Lipinski definition) is 8. The SMILES string of the molecule is CCCc1c(Cc2ccc(-c3ccccc3-c3noc(=O)[nH]3)cc2)c(=O)n(C2CCC(OCC(C)(O)CF)CC2)c2ncnn12.[H-].[K+]. The van der Waals surface area contributed by atoms with Crippen LogP contribution in [0.1, 0.15) is 70.2 Å². The Labute approximate surface area is 309 Å². The molecule has 1 unspecified atom stereocenters. The van der Waals surface area contributed by atoms with Crippen molar-refractivity contribution >= 4 is 5.78 Å². The first-order valence-electron chi connectivity index (χ1n) is 15.4. The maximum atomic E-state index is 14.3. The van der Waals surface area contributed by atoms with Crippen LogP contribution in [-0.4, -0.2) is 59.4 Å². The fourth-order valence-electron chi connectivity index (χ4n) is 6.18. The first-order chi connectivity index (χ1) is 21.8. The number of aromatic nitrogens is 6. The molecule has 3 aromatic heterocycles. The van der Waals surface area contributed by atoms with Gasteiger partial charge in [0.1, 0.15) is 18.6 Å². The van der Waals surface area contributed by atoms with E-state index in [0.29, 0.717) is 55.7 Å². The van der Waals surface area contributed by atoms with Crippen LogP contribution >= 0.6 is 0 Å². The number of aromatic amines is 1. The number of aryl methyl sites for hydroxylation is 1. The van der Waals surface area contributed by atoms with E-state index in [9.17, 15) is 19.1 Å². The van der Waals surface area contributed by atoms with E-state index in [1.54, 1.807) is 4.57 Å². The molecule has 6 rings (SSSR count). The molecule has 0 spiro atoms. The summed E-state index contributed by atoms with van der Waals surface area (Å²) in [6, 6.07) is 15.6. The number of ether oxygens (including phenoxy) is 1. The number of nitrogens with zero attached hydrogens (tertiary/aromatic N) is 5. The quantitative estimate of drug-likeness (QED) is 0.205. The van der Waals surface area contributed by atoms with E-state index in [4.69, 9.17) is 9.26 Å². The molecule has 11 nitrogen and oxygen atoms in total. The van der Waals surface area contributed by atoms with Gasteiger partial charge in [0.15, 0.2) is 5.82 Å². The minimum atomic E-state index is -1.50. The topological polar surface area (TPSA) is 141 Å². The Balaban J connectivity index is 0.00000250. The van der Waals surface area contributed by atoms with Gasteiger partial charge >= 0.3 is 57.1 Å². The summed E-state index contributed by atoms with van der Waals surface area (Å²) in [4.78, 5) is 33.0. The molecule has 1 aliphatic carbocycles. The van der Waals surface area contributed by atoms with Gasteiger partial charge in [0, 0.05) is 23.6 Å². The van der Waals surface area contributed by atoms with E-state index in [1.165, 1.54) is 13.3 Å². The van der Waals surface area contributed by atoms with Crippen LogP contribution in [0.4, 0.5) is 4.39 Å². The van der Waals surface area contributed by atoms with Gasteiger partial charge in [-0.2, -0.15) is 10.1 Å². The van der Waals surface area contributed by atoms with Crippen LogP contribution in [-0.2, 0) is 17.6 Å². The van der Waals surface area contributed by atoms with Crippen molar-refractivity contribution in [3.63, 3.8) is 0 Å². The molecule has 46 heavy (non-hydrogen) atoms. The Bertz CT molecular complexity index is 1900. The van der Waals surface area contributed by atoms with Crippen LogP contribution < -0.4 is 62.7 Å². The molecule has 1 aliphatic rings. The summed E-state index contributed by atoms with van der Waals surface area (Å²) >= 11 is 0. The molecule has 5 aromatic rings. The largest absolute Gasteiger partial charge is 1.00 e. The number of alkyl halides is 1. The molecular formula is C33H38FKN6O5. The number of hydrogen-bond donors (Lipinski definition) is 2. The second kappa shape index (κ2) is 15.0. The van der Waals surface area contributed by atoms with Gasteiger partial charge in [-0.15, -0.1) is 0 Å². The number of H-pyrrole nitrogens is 1. The first-order valence-corrected chi connectivity index (χ1v) is 15.4. The van der Waals surface area contributed by atoms with E-state index >= 15 is 0 Å². The predicted octanol–water partition coefficient (Wildman–Crippen LogP) is 1.78. The minimum Gasteiger partial charge on any atom is -1.00 e. The summed E-state index contributed by atoms with van der Waals surface area (Å²) in [6.45, 7) is 2.57. The first kappa shape index (κ1) is 34.5. The molecule has 238 valence electrons. The molecule has 0 radical (unpaired) electrons. The monoisotopic (exact) mass is 656 g/mol. The van der Waals surface area contributed by atoms with Gasteiger partial charge in [-0.05, 0) is 55.7 Å². The molecule has 13 heteroatoms. The number of rotatable bonds is 11. The van der Waals surface area contributed by atoms with Crippen molar-refractivity contribution in [2.75, 3.05) is 13.3 Å². The zero-order chi connectivity index (χ0) is 31.6. The second-order valence-corrected chi connectivity index (χ2v) is 12.1. The normalized spacial score (nSPS) is 17.9. The summed E-state index contributed by atoms with van der Waals surface area (Å²) < 4.78 is 27.2. The van der Waals surface area contributed by atoms with Crippen molar-refractivity contribution in [3.8, 4) is 22.5 Å². The van der Waals surface area contributed by atoms with E-state index < -0.39 is 18.0 Å². The minimum absolute atomic E-state index is 0. The molecule has 0 saturated heterocycles. The van der Waals surface area contributed by atoms with Crippen LogP contribution in [0.5, 0.6) is 0 Å². The average molecular weight is 657 g/mol. The number of benzene rings is 2. The van der Waals surface area contributed by atoms with Gasteiger partial charge in [0.05, 0.1) is 18.4 Å². The molecule has 1 saturated carbocycles. The van der Waals surface area contributed by atoms with E-state index in [2.05, 4.69) is 27.1 Å². The molecule has 0 amide bonds. The van der Waals surface area contributed by atoms with Crippen molar-refractivity contribution in [3.05, 3.63) is 92.6 Å². The average Bonchev–Trinajstić information content (AvgIpc) is 3.72. The number of nitrogens with one attached hydrogen (secondary N) is 1. The fourth-order valence-corrected chi connectivity index (χ4v) is 6.18. The van der Waals surface area contributed by atoms with Gasteiger partial charge in [-0.3, -0.25) is 18.9 Å². The number of halogens is 1. The molecule has 1 fully saturated rings. The van der Waals surface area contributed by atoms with Gasteiger partial charge in [-0.25, -0.2) is 13.7 Å². The molecule has 3 heterocycles. The van der Waals surface area contributed by atoms with Gasteiger partial charge in [-0.1, -0.05) is 67.0 Å². The summed E-state index contributed by atoms with van der Waals surface area (Å²) in [5.74, 6) is 0.282. The van der Waals surface area contributed by atoms with Crippen LogP contribution in [0.25, 0.3) is 28.3 Å². The van der Waals surface area contributed by atoms with E-state index in [-0.39, 0.29) is 77.1 Å². The summed E-state index contributed by atoms with van der Waals surface area (Å²) in [6.07, 6.45) is 6.13.